The number of nitrogens with zero attached hydrogens (tertiary/aromatic N) is 5. The number of likely N-dealkylation sites (N-methyl/N-ethyl adjacent to an activating group) is 1. The van der Waals surface area contributed by atoms with Gasteiger partial charge >= 0.3 is 0 Å². The molecule has 2 aromatic rings. The summed E-state index contributed by atoms with van der Waals surface area (Å²) in [4.78, 5) is 49.5. The highest BCUT2D eigenvalue weighted by Crippen LogP contribution is 2.60. The second-order valence-electron chi connectivity index (χ2n) is 10.0. The van der Waals surface area contributed by atoms with Crippen LogP contribution in [-0.2, 0) is 19.9 Å². The summed E-state index contributed by atoms with van der Waals surface area (Å²) >= 11 is 0. The van der Waals surface area contributed by atoms with Crippen molar-refractivity contribution in [1.82, 2.24) is 20.2 Å². The second kappa shape index (κ2) is 7.51. The number of hydrogen-bond donors (Lipinski definition) is 1. The van der Waals surface area contributed by atoms with Crippen molar-refractivity contribution < 1.29 is 14.4 Å². The Bertz CT molecular complexity index is 1260. The molecule has 1 aliphatic carbocycles. The number of hydrogen-bond acceptors (Lipinski definition) is 7. The Kier molecular flexibility index (Phi) is 4.93. The molecule has 2 amide bonds. The number of ketones is 1. The highest BCUT2D eigenvalue weighted by Gasteiger charge is 2.65. The number of Topliss-reactive ketones (excluding diaryl/α,β-unsaturated/α-hetero) is 1. The lowest BCUT2D eigenvalue weighted by Crippen LogP contribution is -2.49. The lowest BCUT2D eigenvalue weighted by atomic mass is 9.81. The minimum atomic E-state index is -1.42. The van der Waals surface area contributed by atoms with Crippen LogP contribution in [-0.4, -0.2) is 51.6 Å². The van der Waals surface area contributed by atoms with Gasteiger partial charge in [-0.3, -0.25) is 14.4 Å². The van der Waals surface area contributed by atoms with E-state index in [0.717, 1.165) is 23.1 Å². The highest BCUT2D eigenvalue weighted by atomic mass is 16.2. The molecule has 1 unspecified atom stereocenters. The van der Waals surface area contributed by atoms with Crippen LogP contribution in [0.4, 0.5) is 5.69 Å². The number of azo groups is 1. The van der Waals surface area contributed by atoms with E-state index in [9.17, 15) is 14.4 Å². The van der Waals surface area contributed by atoms with Crippen molar-refractivity contribution in [3.8, 4) is 11.1 Å². The van der Waals surface area contributed by atoms with Crippen LogP contribution in [0.3, 0.4) is 0 Å². The predicted molar refractivity (Wildman–Crippen MR) is 124 cm³/mol. The van der Waals surface area contributed by atoms with Crippen molar-refractivity contribution in [3.05, 3.63) is 41.5 Å². The smallest absolute Gasteiger partial charge is 0.242 e. The number of rotatable bonds is 5. The Labute approximate surface area is 198 Å². The fourth-order valence-electron chi connectivity index (χ4n) is 5.48. The van der Waals surface area contributed by atoms with Crippen molar-refractivity contribution in [3.63, 3.8) is 0 Å². The summed E-state index contributed by atoms with van der Waals surface area (Å²) in [6.45, 7) is 7.27. The van der Waals surface area contributed by atoms with E-state index in [1.807, 2.05) is 26.0 Å². The normalized spacial score (nSPS) is 28.4. The van der Waals surface area contributed by atoms with Gasteiger partial charge in [-0.25, -0.2) is 9.97 Å². The zero-order chi connectivity index (χ0) is 24.4. The fraction of sp³-hybridized carbons (Fsp3) is 0.480. The largest absolute Gasteiger partial charge is 0.357 e. The number of fused-ring (bicyclic) bond motifs is 2. The molecule has 176 valence electrons. The summed E-state index contributed by atoms with van der Waals surface area (Å²) in [6, 6.07) is 3.32. The lowest BCUT2D eigenvalue weighted by Gasteiger charge is -2.30. The molecule has 1 saturated heterocycles. The lowest BCUT2D eigenvalue weighted by molar-refractivity contribution is -0.142. The van der Waals surface area contributed by atoms with E-state index in [2.05, 4.69) is 32.4 Å². The molecule has 1 aromatic heterocycles. The van der Waals surface area contributed by atoms with Gasteiger partial charge in [-0.15, -0.1) is 0 Å². The number of aryl methyl sites for hydroxylation is 2. The molecule has 3 heterocycles. The average molecular weight is 461 g/mol. The summed E-state index contributed by atoms with van der Waals surface area (Å²) in [7, 11) is 1.58. The van der Waals surface area contributed by atoms with Crippen molar-refractivity contribution >= 4 is 23.3 Å². The molecule has 1 aromatic carbocycles. The molecule has 0 bridgehead atoms. The standard InChI is InChI=1S/C25H28N6O3/c1-13-6-16(17-11-27-15(3)28-12-17)7-18-22(13)29-30-25(18,14(2)32)10-21(33)31-19(23(34)26-5)8-24(4)9-20(24)31/h6-7,11-12,19-20H,8-10H2,1-5H3,(H,26,34)/t19-,20+,24-,25?/m0/s1. The topological polar surface area (TPSA) is 117 Å². The molecule has 3 aliphatic rings. The Hall–Kier alpha value is -3.49. The predicted octanol–water partition coefficient (Wildman–Crippen LogP) is 3.16. The van der Waals surface area contributed by atoms with Gasteiger partial charge in [0, 0.05) is 36.6 Å². The molecular formula is C25H28N6O3. The van der Waals surface area contributed by atoms with Gasteiger partial charge in [-0.1, -0.05) is 6.92 Å². The van der Waals surface area contributed by atoms with Gasteiger partial charge in [0.25, 0.3) is 0 Å². The molecule has 34 heavy (non-hydrogen) atoms. The fourth-order valence-corrected chi connectivity index (χ4v) is 5.48. The first-order chi connectivity index (χ1) is 16.1. The zero-order valence-electron chi connectivity index (χ0n) is 20.0. The van der Waals surface area contributed by atoms with Gasteiger partial charge in [-0.2, -0.15) is 10.2 Å². The molecular weight excluding hydrogens is 432 g/mol. The number of benzene rings is 1. The number of likely N-dealkylation sites (tertiary alicyclic amines) is 1. The van der Waals surface area contributed by atoms with E-state index in [0.29, 0.717) is 23.5 Å². The number of amides is 2. The Morgan fingerprint density at radius 1 is 1.12 bits per heavy atom. The zero-order valence-corrected chi connectivity index (χ0v) is 20.0. The monoisotopic (exact) mass is 460 g/mol. The molecule has 0 radical (unpaired) electrons. The highest BCUT2D eigenvalue weighted by molar-refractivity contribution is 5.98. The number of carbonyl (C=O) groups excluding carboxylic acids is 3. The molecule has 9 heteroatoms. The number of carbonyl (C=O) groups is 3. The third-order valence-corrected chi connectivity index (χ3v) is 7.64. The van der Waals surface area contributed by atoms with Crippen molar-refractivity contribution in [2.24, 2.45) is 15.6 Å². The van der Waals surface area contributed by atoms with Crippen molar-refractivity contribution in [2.45, 2.75) is 64.6 Å². The molecule has 0 spiro atoms. The Morgan fingerprint density at radius 3 is 2.47 bits per heavy atom. The van der Waals surface area contributed by atoms with Gasteiger partial charge in [0.1, 0.15) is 11.9 Å². The van der Waals surface area contributed by atoms with Gasteiger partial charge in [0.05, 0.1) is 12.1 Å². The molecule has 2 aliphatic heterocycles. The summed E-state index contributed by atoms with van der Waals surface area (Å²) < 4.78 is 0. The van der Waals surface area contributed by atoms with Gasteiger partial charge in [-0.05, 0) is 62.3 Å². The van der Waals surface area contributed by atoms with Gasteiger partial charge < -0.3 is 10.2 Å². The average Bonchev–Trinajstić information content (AvgIpc) is 3.15. The molecule has 9 nitrogen and oxygen atoms in total. The molecule has 4 atom stereocenters. The summed E-state index contributed by atoms with van der Waals surface area (Å²) in [5, 5.41) is 11.4. The van der Waals surface area contributed by atoms with Crippen LogP contribution in [0.25, 0.3) is 11.1 Å². The maximum absolute atomic E-state index is 13.7. The summed E-state index contributed by atoms with van der Waals surface area (Å²) in [5.74, 6) is -0.0128. The van der Waals surface area contributed by atoms with E-state index in [1.165, 1.54) is 6.92 Å². The first-order valence-corrected chi connectivity index (χ1v) is 11.5. The molecule has 1 N–H and O–H groups in total. The van der Waals surface area contributed by atoms with Crippen LogP contribution >= 0.6 is 0 Å². The summed E-state index contributed by atoms with van der Waals surface area (Å²) in [5.41, 5.74) is 2.26. The van der Waals surface area contributed by atoms with E-state index < -0.39 is 11.6 Å². The number of piperidine rings is 1. The van der Waals surface area contributed by atoms with Crippen LogP contribution in [0.2, 0.25) is 0 Å². The molecule has 5 rings (SSSR count). The van der Waals surface area contributed by atoms with Crippen LogP contribution in [0.15, 0.2) is 34.8 Å². The van der Waals surface area contributed by atoms with Crippen LogP contribution in [0, 0.1) is 19.3 Å². The second-order valence-corrected chi connectivity index (χ2v) is 10.0. The Morgan fingerprint density at radius 2 is 1.82 bits per heavy atom. The minimum Gasteiger partial charge on any atom is -0.357 e. The first kappa shape index (κ1) is 22.3. The SMILES string of the molecule is CNC(=O)[C@@H]1C[C@@]2(C)C[C@H]2N1C(=O)CC1(C(C)=O)N=Nc2c(C)cc(-c3cnc(C)nc3)cc21. The van der Waals surface area contributed by atoms with Crippen LogP contribution < -0.4 is 5.32 Å². The van der Waals surface area contributed by atoms with E-state index in [-0.39, 0.29) is 35.5 Å². The minimum absolute atomic E-state index is 0.0156. The van der Waals surface area contributed by atoms with Gasteiger partial charge in [0.15, 0.2) is 11.3 Å². The maximum Gasteiger partial charge on any atom is 0.242 e. The quantitative estimate of drug-likeness (QED) is 0.736. The van der Waals surface area contributed by atoms with E-state index in [4.69, 9.17) is 0 Å². The third kappa shape index (κ3) is 3.25. The van der Waals surface area contributed by atoms with Crippen molar-refractivity contribution in [1.29, 1.82) is 0 Å². The summed E-state index contributed by atoms with van der Waals surface area (Å²) in [6.07, 6.45) is 4.81. The van der Waals surface area contributed by atoms with Crippen molar-refractivity contribution in [2.75, 3.05) is 7.05 Å². The van der Waals surface area contributed by atoms with Crippen LogP contribution in [0.5, 0.6) is 0 Å². The number of aromatic nitrogens is 2. The number of nitrogens with one attached hydrogen (secondary N) is 1. The molecule has 2 fully saturated rings. The Balaban J connectivity index is 1.53. The molecule has 1 saturated carbocycles. The van der Waals surface area contributed by atoms with Crippen LogP contribution in [0.1, 0.15) is 50.1 Å². The van der Waals surface area contributed by atoms with E-state index in [1.54, 1.807) is 24.3 Å². The van der Waals surface area contributed by atoms with E-state index >= 15 is 0 Å². The van der Waals surface area contributed by atoms with Gasteiger partial charge in [0.2, 0.25) is 11.8 Å². The maximum atomic E-state index is 13.7. The third-order valence-electron chi connectivity index (χ3n) is 7.64. The first-order valence-electron chi connectivity index (χ1n) is 11.5.